The molecule has 18 heteroatoms. The van der Waals surface area contributed by atoms with E-state index in [1.165, 1.54) is 0 Å². The van der Waals surface area contributed by atoms with E-state index < -0.39 is 15.6 Å². The van der Waals surface area contributed by atoms with Crippen LogP contribution < -0.4 is 250 Å². The fourth-order valence-corrected chi connectivity index (χ4v) is 1.22. The first-order chi connectivity index (χ1) is 4.27. The summed E-state index contributed by atoms with van der Waals surface area (Å²) in [6.45, 7) is 0. The van der Waals surface area contributed by atoms with E-state index in [4.69, 9.17) is 5.26 Å². The van der Waals surface area contributed by atoms with Gasteiger partial charge in [-0.25, -0.2) is 0 Å². The second-order valence-corrected chi connectivity index (χ2v) is 3.64. The van der Waals surface area contributed by atoms with Crippen LogP contribution in [-0.4, -0.2) is 0 Å². The zero-order valence-electron chi connectivity index (χ0n) is 11.0. The van der Waals surface area contributed by atoms with E-state index in [9.17, 15) is 23.8 Å². The van der Waals surface area contributed by atoms with Crippen molar-refractivity contribution in [1.82, 2.24) is 24.6 Å². The molecule has 1 atom stereocenters. The molecule has 0 aliphatic rings. The summed E-state index contributed by atoms with van der Waals surface area (Å²) in [6.07, 6.45) is 0. The molecule has 0 spiro atoms. The second-order valence-electron chi connectivity index (χ2n) is 1.05. The minimum atomic E-state index is -5.70. The molecule has 0 saturated heterocycles. The SMILES string of the molecule is N.N.N.N.O=P([O-])([O-])OP(=O)([O-])O[O-].[K+].[K+].[K+].[K+]. The average Bonchev–Trinajstić information content (AvgIpc) is 1.60. The molecule has 0 heterocycles. The first-order valence-corrected chi connectivity index (χ1v) is 4.55. The van der Waals surface area contributed by atoms with Gasteiger partial charge in [0.25, 0.3) is 7.82 Å². The van der Waals surface area contributed by atoms with Crippen molar-refractivity contribution >= 4 is 15.6 Å². The van der Waals surface area contributed by atoms with Gasteiger partial charge in [0.15, 0.2) is 0 Å². The predicted molar refractivity (Wildman–Crippen MR) is 37.5 cm³/mol. The van der Waals surface area contributed by atoms with Gasteiger partial charge in [0.2, 0.25) is 0 Å². The van der Waals surface area contributed by atoms with Crippen LogP contribution in [0.1, 0.15) is 0 Å². The van der Waals surface area contributed by atoms with Gasteiger partial charge in [0.1, 0.15) is 0 Å². The van der Waals surface area contributed by atoms with Crippen LogP contribution >= 0.6 is 15.6 Å². The summed E-state index contributed by atoms with van der Waals surface area (Å²) in [5, 5.41) is 9.03. The standard InChI is InChI=1S/4K.4H3N.H4O8P2/c;;;;;;;;1-7-10(5,6)8-9(2,3)4/h;;;;4*1H3;1H,(H,5,6)(H2,2,3,4)/q4*+1;;;;;/p-4. The van der Waals surface area contributed by atoms with Crippen molar-refractivity contribution in [2.45, 2.75) is 0 Å². The van der Waals surface area contributed by atoms with Crippen molar-refractivity contribution in [1.29, 1.82) is 0 Å². The van der Waals surface area contributed by atoms with E-state index in [2.05, 4.69) is 8.99 Å². The molecule has 12 N–H and O–H groups in total. The zero-order valence-corrected chi connectivity index (χ0v) is 25.3. The fraction of sp³-hybridized carbons (Fsp3) is 0. The Kier molecular flexibility index (Phi) is 88.9. The predicted octanol–water partition coefficient (Wildman–Crippen LogP) is -14.7. The first-order valence-electron chi connectivity index (χ1n) is 1.63. The van der Waals surface area contributed by atoms with Crippen molar-refractivity contribution in [3.63, 3.8) is 0 Å². The van der Waals surface area contributed by atoms with E-state index in [1.807, 2.05) is 0 Å². The Morgan fingerprint density at radius 1 is 0.722 bits per heavy atom. The Labute approximate surface area is 275 Å². The Morgan fingerprint density at radius 3 is 1.00 bits per heavy atom. The Hall–Kier alpha value is 6.61. The third-order valence-corrected chi connectivity index (χ3v) is 2.07. The normalized spacial score (nSPS) is 10.2. The first kappa shape index (κ1) is 56.3. The van der Waals surface area contributed by atoms with Crippen LogP contribution in [-0.2, 0) is 18.1 Å². The van der Waals surface area contributed by atoms with E-state index in [1.54, 1.807) is 0 Å². The van der Waals surface area contributed by atoms with Gasteiger partial charge in [-0.2, -0.15) is 0 Å². The maximum absolute atomic E-state index is 9.71. The molecule has 0 saturated carbocycles. The van der Waals surface area contributed by atoms with Crippen LogP contribution in [0.3, 0.4) is 0 Å². The summed E-state index contributed by atoms with van der Waals surface area (Å²) in [4.78, 5) is 28.6. The number of hydrogen-bond donors (Lipinski definition) is 4. The summed E-state index contributed by atoms with van der Waals surface area (Å²) in [5.74, 6) is 0. The molecular weight excluding hydrogens is 402 g/mol. The average molecular weight is 414 g/mol. The maximum Gasteiger partial charge on any atom is 1.00 e. The summed E-state index contributed by atoms with van der Waals surface area (Å²) in [7, 11) is -11.2. The summed E-state index contributed by atoms with van der Waals surface area (Å²) < 4.78 is 24.1. The molecule has 0 amide bonds. The molecule has 0 bridgehead atoms. The van der Waals surface area contributed by atoms with Gasteiger partial charge in [0, 0.05) is 0 Å². The molecule has 1 unspecified atom stereocenters. The molecule has 0 aromatic heterocycles. The van der Waals surface area contributed by atoms with Crippen LogP contribution in [0.15, 0.2) is 0 Å². The molecule has 94 valence electrons. The molecule has 0 aliphatic heterocycles. The Morgan fingerprint density at radius 2 is 0.944 bits per heavy atom. The molecule has 0 aromatic rings. The molecule has 0 aliphatic carbocycles. The summed E-state index contributed by atoms with van der Waals surface area (Å²) >= 11 is 0. The van der Waals surface area contributed by atoms with Gasteiger partial charge in [-0.05, 0) is 0 Å². The number of phosphoric acid groups is 2. The van der Waals surface area contributed by atoms with Gasteiger partial charge in [0.05, 0.1) is 7.82 Å². The van der Waals surface area contributed by atoms with Crippen molar-refractivity contribution in [3.05, 3.63) is 0 Å². The van der Waals surface area contributed by atoms with Gasteiger partial charge in [-0.15, -0.1) is 0 Å². The molecular formula is H12K4N4O8P2. The summed E-state index contributed by atoms with van der Waals surface area (Å²) in [6, 6.07) is 0. The Balaban J connectivity index is -0.0000000145. The topological polar surface area (TPSA) is 285 Å². The second kappa shape index (κ2) is 28.4. The number of rotatable bonds is 3. The molecule has 18 heavy (non-hydrogen) atoms. The quantitative estimate of drug-likeness (QED) is 0.145. The van der Waals surface area contributed by atoms with Gasteiger partial charge in [-0.1, -0.05) is 0 Å². The van der Waals surface area contributed by atoms with Crippen molar-refractivity contribution in [2.24, 2.45) is 0 Å². The van der Waals surface area contributed by atoms with Crippen LogP contribution in [0.4, 0.5) is 0 Å². The largest absolute Gasteiger partial charge is 1.00 e. The summed E-state index contributed by atoms with van der Waals surface area (Å²) in [5.41, 5.74) is 0. The Bertz CT molecular complexity index is 211. The van der Waals surface area contributed by atoms with Gasteiger partial charge in [-0.3, -0.25) is 8.88 Å². The fourth-order valence-electron chi connectivity index (χ4n) is 0.136. The third-order valence-electron chi connectivity index (χ3n) is 0.291. The zero-order chi connectivity index (χ0) is 8.41. The number of hydrogen-bond acceptors (Lipinski definition) is 12. The monoisotopic (exact) mass is 414 g/mol. The molecule has 0 aromatic carbocycles. The van der Waals surface area contributed by atoms with Crippen molar-refractivity contribution < 1.29 is 244 Å². The van der Waals surface area contributed by atoms with Crippen molar-refractivity contribution in [3.8, 4) is 0 Å². The molecule has 12 nitrogen and oxygen atoms in total. The van der Waals surface area contributed by atoms with Gasteiger partial charge >= 0.3 is 206 Å². The van der Waals surface area contributed by atoms with Crippen LogP contribution in [0.2, 0.25) is 0 Å². The van der Waals surface area contributed by atoms with E-state index in [-0.39, 0.29) is 230 Å². The van der Waals surface area contributed by atoms with Crippen LogP contribution in [0.25, 0.3) is 0 Å². The van der Waals surface area contributed by atoms with Gasteiger partial charge < -0.3 is 53.8 Å². The van der Waals surface area contributed by atoms with E-state index in [0.29, 0.717) is 0 Å². The van der Waals surface area contributed by atoms with E-state index >= 15 is 0 Å². The van der Waals surface area contributed by atoms with E-state index in [0.717, 1.165) is 0 Å². The molecule has 0 radical (unpaired) electrons. The molecule has 0 fully saturated rings. The minimum Gasteiger partial charge on any atom is -0.790 e. The van der Waals surface area contributed by atoms with Crippen LogP contribution in [0, 0.1) is 0 Å². The molecule has 0 rings (SSSR count). The smallest absolute Gasteiger partial charge is 0.790 e. The maximum atomic E-state index is 9.71. The van der Waals surface area contributed by atoms with Crippen LogP contribution in [0.5, 0.6) is 0 Å². The third kappa shape index (κ3) is 43.3. The minimum absolute atomic E-state index is 0. The van der Waals surface area contributed by atoms with Crippen molar-refractivity contribution in [2.75, 3.05) is 0 Å².